The first-order chi connectivity index (χ1) is 14.3. The summed E-state index contributed by atoms with van der Waals surface area (Å²) < 4.78 is 79.0. The summed E-state index contributed by atoms with van der Waals surface area (Å²) in [6, 6.07) is 0.900. The number of rotatable bonds is 5. The SMILES string of the molecule is CC1(NC(=O)CN2CC(CC3=Nc4c(cc(C(F)(F)F)cc4C(F)(F)F)C3)C2)CCC1. The van der Waals surface area contributed by atoms with Crippen molar-refractivity contribution in [2.75, 3.05) is 19.6 Å². The first-order valence-electron chi connectivity index (χ1n) is 10.2. The van der Waals surface area contributed by atoms with Crippen molar-refractivity contribution in [1.82, 2.24) is 10.2 Å². The first kappa shape index (κ1) is 22.1. The molecule has 1 N–H and O–H groups in total. The molecule has 2 fully saturated rings. The van der Waals surface area contributed by atoms with Gasteiger partial charge in [-0.25, -0.2) is 0 Å². The molecule has 1 aliphatic carbocycles. The molecule has 1 aromatic carbocycles. The highest BCUT2D eigenvalue weighted by Gasteiger charge is 2.41. The molecule has 3 aliphatic rings. The Kier molecular flexibility index (Phi) is 5.34. The zero-order valence-corrected chi connectivity index (χ0v) is 17.0. The van der Waals surface area contributed by atoms with Crippen LogP contribution < -0.4 is 5.32 Å². The molecular formula is C21H23F6N3O. The molecule has 0 aromatic heterocycles. The maximum Gasteiger partial charge on any atom is 0.418 e. The van der Waals surface area contributed by atoms with Gasteiger partial charge in [0.25, 0.3) is 0 Å². The average molecular weight is 447 g/mol. The minimum absolute atomic E-state index is 0.0162. The van der Waals surface area contributed by atoms with Crippen molar-refractivity contribution in [3.05, 3.63) is 28.8 Å². The van der Waals surface area contributed by atoms with E-state index in [-0.39, 0.29) is 42.0 Å². The van der Waals surface area contributed by atoms with E-state index in [1.165, 1.54) is 0 Å². The summed E-state index contributed by atoms with van der Waals surface area (Å²) in [5, 5.41) is 3.03. The van der Waals surface area contributed by atoms with Crippen LogP contribution in [0.15, 0.2) is 17.1 Å². The summed E-state index contributed by atoms with van der Waals surface area (Å²) in [7, 11) is 0. The van der Waals surface area contributed by atoms with E-state index in [2.05, 4.69) is 10.3 Å². The van der Waals surface area contributed by atoms with Gasteiger partial charge in [-0.2, -0.15) is 26.3 Å². The molecule has 1 amide bonds. The Morgan fingerprint density at radius 2 is 1.84 bits per heavy atom. The molecule has 0 unspecified atom stereocenters. The molecule has 0 atom stereocenters. The highest BCUT2D eigenvalue weighted by atomic mass is 19.4. The second-order valence-electron chi connectivity index (χ2n) is 9.11. The molecule has 31 heavy (non-hydrogen) atoms. The number of fused-ring (bicyclic) bond motifs is 1. The second-order valence-corrected chi connectivity index (χ2v) is 9.11. The molecule has 10 heteroatoms. The minimum Gasteiger partial charge on any atom is -0.350 e. The van der Waals surface area contributed by atoms with Gasteiger partial charge in [0, 0.05) is 30.8 Å². The van der Waals surface area contributed by atoms with Gasteiger partial charge < -0.3 is 5.32 Å². The predicted octanol–water partition coefficient (Wildman–Crippen LogP) is 4.73. The lowest BCUT2D eigenvalue weighted by Crippen LogP contribution is -2.56. The number of amides is 1. The van der Waals surface area contributed by atoms with Crippen LogP contribution >= 0.6 is 0 Å². The zero-order chi connectivity index (χ0) is 22.6. The third-order valence-electron chi connectivity index (χ3n) is 6.31. The molecular weight excluding hydrogens is 424 g/mol. The Morgan fingerprint density at radius 3 is 2.39 bits per heavy atom. The molecule has 4 rings (SSSR count). The quantitative estimate of drug-likeness (QED) is 0.664. The Bertz CT molecular complexity index is 911. The Labute approximate surface area is 175 Å². The van der Waals surface area contributed by atoms with E-state index in [1.54, 1.807) is 0 Å². The monoisotopic (exact) mass is 447 g/mol. The minimum atomic E-state index is -4.91. The molecule has 170 valence electrons. The predicted molar refractivity (Wildman–Crippen MR) is 102 cm³/mol. The van der Waals surface area contributed by atoms with Crippen LogP contribution in [-0.2, 0) is 23.6 Å². The summed E-state index contributed by atoms with van der Waals surface area (Å²) in [5.41, 5.74) is -2.76. The van der Waals surface area contributed by atoms with Crippen LogP contribution in [0.3, 0.4) is 0 Å². The Morgan fingerprint density at radius 1 is 1.16 bits per heavy atom. The fourth-order valence-electron chi connectivity index (χ4n) is 4.56. The number of halogens is 6. The maximum absolute atomic E-state index is 13.3. The van der Waals surface area contributed by atoms with Gasteiger partial charge >= 0.3 is 12.4 Å². The number of aliphatic imine (C=N–C) groups is 1. The number of carbonyl (C=O) groups excluding carboxylic acids is 1. The fraction of sp³-hybridized carbons (Fsp3) is 0.619. The number of hydrogen-bond acceptors (Lipinski definition) is 3. The van der Waals surface area contributed by atoms with E-state index in [4.69, 9.17) is 0 Å². The van der Waals surface area contributed by atoms with E-state index >= 15 is 0 Å². The van der Waals surface area contributed by atoms with Crippen LogP contribution in [0.1, 0.15) is 49.3 Å². The Balaban J connectivity index is 1.36. The van der Waals surface area contributed by atoms with Gasteiger partial charge in [0.2, 0.25) is 5.91 Å². The van der Waals surface area contributed by atoms with E-state index in [1.807, 2.05) is 11.8 Å². The van der Waals surface area contributed by atoms with Crippen LogP contribution in [-0.4, -0.2) is 41.7 Å². The normalized spacial score (nSPS) is 21.2. The van der Waals surface area contributed by atoms with E-state index in [0.29, 0.717) is 25.2 Å². The number of nitrogens with one attached hydrogen (secondary N) is 1. The van der Waals surface area contributed by atoms with Crippen LogP contribution in [0.25, 0.3) is 0 Å². The smallest absolute Gasteiger partial charge is 0.350 e. The fourth-order valence-corrected chi connectivity index (χ4v) is 4.56. The Hall–Kier alpha value is -2.10. The largest absolute Gasteiger partial charge is 0.418 e. The molecule has 4 nitrogen and oxygen atoms in total. The van der Waals surface area contributed by atoms with E-state index in [9.17, 15) is 31.1 Å². The van der Waals surface area contributed by atoms with Crippen molar-refractivity contribution in [3.8, 4) is 0 Å². The number of hydrogen-bond donors (Lipinski definition) is 1. The van der Waals surface area contributed by atoms with Crippen molar-refractivity contribution >= 4 is 17.3 Å². The molecule has 1 saturated carbocycles. The van der Waals surface area contributed by atoms with Crippen LogP contribution in [0, 0.1) is 5.92 Å². The standard InChI is InChI=1S/C21H23F6N3O/c1-19(3-2-4-19)29-17(31)11-30-9-12(10-30)5-15-7-13-6-14(20(22,23)24)8-16(18(13)28-15)21(25,26)27/h6,8,12H,2-5,7,9-11H2,1H3,(H,29,31). The third-order valence-corrected chi connectivity index (χ3v) is 6.31. The summed E-state index contributed by atoms with van der Waals surface area (Å²) in [6.07, 6.45) is -6.34. The van der Waals surface area contributed by atoms with E-state index in [0.717, 1.165) is 25.3 Å². The maximum atomic E-state index is 13.3. The van der Waals surface area contributed by atoms with Gasteiger partial charge in [-0.15, -0.1) is 0 Å². The number of benzene rings is 1. The lowest BCUT2D eigenvalue weighted by atomic mass is 9.78. The summed E-state index contributed by atoms with van der Waals surface area (Å²) in [5.74, 6) is 0.0809. The summed E-state index contributed by atoms with van der Waals surface area (Å²) in [6.45, 7) is 3.51. The highest BCUT2D eigenvalue weighted by Crippen LogP contribution is 2.45. The second kappa shape index (κ2) is 7.50. The van der Waals surface area contributed by atoms with Gasteiger partial charge in [0.05, 0.1) is 23.4 Å². The van der Waals surface area contributed by atoms with Gasteiger partial charge in [-0.3, -0.25) is 14.7 Å². The van der Waals surface area contributed by atoms with E-state index < -0.39 is 29.2 Å². The summed E-state index contributed by atoms with van der Waals surface area (Å²) >= 11 is 0. The van der Waals surface area contributed by atoms with Gasteiger partial charge in [0.15, 0.2) is 0 Å². The van der Waals surface area contributed by atoms with Crippen molar-refractivity contribution in [3.63, 3.8) is 0 Å². The number of carbonyl (C=O) groups is 1. The third kappa shape index (κ3) is 4.73. The lowest BCUT2D eigenvalue weighted by Gasteiger charge is -2.42. The van der Waals surface area contributed by atoms with Crippen molar-refractivity contribution in [1.29, 1.82) is 0 Å². The number of nitrogens with zero attached hydrogens (tertiary/aromatic N) is 2. The molecule has 2 aliphatic heterocycles. The van der Waals surface area contributed by atoms with Crippen molar-refractivity contribution in [2.24, 2.45) is 10.9 Å². The molecule has 0 spiro atoms. The zero-order valence-electron chi connectivity index (χ0n) is 17.0. The molecule has 0 bridgehead atoms. The first-order valence-corrected chi connectivity index (χ1v) is 10.2. The van der Waals surface area contributed by atoms with Crippen LogP contribution in [0.4, 0.5) is 32.0 Å². The molecule has 1 aromatic rings. The van der Waals surface area contributed by atoms with Gasteiger partial charge in [0.1, 0.15) is 0 Å². The van der Waals surface area contributed by atoms with Crippen LogP contribution in [0.2, 0.25) is 0 Å². The number of likely N-dealkylation sites (tertiary alicyclic amines) is 1. The molecule has 2 heterocycles. The summed E-state index contributed by atoms with van der Waals surface area (Å²) in [4.78, 5) is 18.1. The lowest BCUT2D eigenvalue weighted by molar-refractivity contribution is -0.142. The van der Waals surface area contributed by atoms with Crippen molar-refractivity contribution in [2.45, 2.75) is 56.9 Å². The molecule has 1 saturated heterocycles. The van der Waals surface area contributed by atoms with Gasteiger partial charge in [-0.1, -0.05) is 0 Å². The topological polar surface area (TPSA) is 44.7 Å². The number of alkyl halides is 6. The average Bonchev–Trinajstić information content (AvgIpc) is 2.98. The van der Waals surface area contributed by atoms with Gasteiger partial charge in [-0.05, 0) is 56.2 Å². The van der Waals surface area contributed by atoms with Crippen molar-refractivity contribution < 1.29 is 31.1 Å². The molecule has 0 radical (unpaired) electrons. The highest BCUT2D eigenvalue weighted by molar-refractivity contribution is 5.95. The van der Waals surface area contributed by atoms with Crippen LogP contribution in [0.5, 0.6) is 0 Å².